The summed E-state index contributed by atoms with van der Waals surface area (Å²) >= 11 is 0. The van der Waals surface area contributed by atoms with Crippen molar-refractivity contribution in [2.45, 2.75) is 43.8 Å². The van der Waals surface area contributed by atoms with Crippen LogP contribution >= 0.6 is 0 Å². The van der Waals surface area contributed by atoms with E-state index in [2.05, 4.69) is 30.9 Å². The van der Waals surface area contributed by atoms with Crippen LogP contribution < -0.4 is 0 Å². The van der Waals surface area contributed by atoms with Gasteiger partial charge in [0, 0.05) is 11.6 Å². The van der Waals surface area contributed by atoms with Gasteiger partial charge in [0.15, 0.2) is 9.84 Å². The highest BCUT2D eigenvalue weighted by atomic mass is 32.2. The number of sulfone groups is 1. The molecule has 4 aromatic rings. The maximum Gasteiger partial charge on any atom is 0.184 e. The van der Waals surface area contributed by atoms with Crippen LogP contribution in [-0.2, 0) is 21.0 Å². The Morgan fingerprint density at radius 2 is 1.67 bits per heavy atom. The quantitative estimate of drug-likeness (QED) is 0.467. The predicted octanol–water partition coefficient (Wildman–Crippen LogP) is 5.00. The smallest absolute Gasteiger partial charge is 0.184 e. The molecule has 0 aliphatic rings. The Morgan fingerprint density at radius 1 is 0.967 bits per heavy atom. The second-order valence-corrected chi connectivity index (χ2v) is 10.6. The molecule has 6 heteroatoms. The SMILES string of the molecule is Cc1cc(CS(=O)(=O)c2ccc(C(C)(C)C)cc2)n(-c2ccnc3ccccc23)n1. The molecule has 0 unspecified atom stereocenters. The van der Waals surface area contributed by atoms with Gasteiger partial charge in [-0.25, -0.2) is 13.1 Å². The van der Waals surface area contributed by atoms with Gasteiger partial charge in [-0.1, -0.05) is 51.1 Å². The molecule has 0 fully saturated rings. The normalized spacial score (nSPS) is 12.4. The number of aromatic nitrogens is 3. The van der Waals surface area contributed by atoms with E-state index in [1.54, 1.807) is 23.0 Å². The molecule has 5 nitrogen and oxygen atoms in total. The van der Waals surface area contributed by atoms with Gasteiger partial charge in [0.2, 0.25) is 0 Å². The standard InChI is InChI=1S/C24H25N3O2S/c1-17-15-19(16-30(28,29)20-11-9-18(10-12-20)24(2,3)4)27(26-17)23-13-14-25-22-8-6-5-7-21(22)23/h5-15H,16H2,1-4H3. The molecule has 0 aliphatic heterocycles. The van der Waals surface area contributed by atoms with Crippen molar-refractivity contribution < 1.29 is 8.42 Å². The van der Waals surface area contributed by atoms with Crippen molar-refractivity contribution >= 4 is 20.7 Å². The number of rotatable bonds is 4. The number of hydrogen-bond acceptors (Lipinski definition) is 4. The van der Waals surface area contributed by atoms with Crippen LogP contribution in [0.2, 0.25) is 0 Å². The van der Waals surface area contributed by atoms with Gasteiger partial charge in [0.1, 0.15) is 0 Å². The van der Waals surface area contributed by atoms with Crippen LogP contribution in [0, 0.1) is 6.92 Å². The van der Waals surface area contributed by atoms with Crippen molar-refractivity contribution in [3.05, 3.63) is 83.8 Å². The van der Waals surface area contributed by atoms with Gasteiger partial charge in [-0.2, -0.15) is 5.10 Å². The molecular formula is C24H25N3O2S. The highest BCUT2D eigenvalue weighted by molar-refractivity contribution is 7.90. The summed E-state index contributed by atoms with van der Waals surface area (Å²) in [6, 6.07) is 18.7. The highest BCUT2D eigenvalue weighted by Crippen LogP contribution is 2.27. The zero-order valence-electron chi connectivity index (χ0n) is 17.6. The number of fused-ring (bicyclic) bond motifs is 1. The Bertz CT molecular complexity index is 1310. The van der Waals surface area contributed by atoms with E-state index in [1.807, 2.05) is 55.5 Å². The minimum absolute atomic E-state index is 0.0274. The van der Waals surface area contributed by atoms with E-state index in [-0.39, 0.29) is 11.2 Å². The van der Waals surface area contributed by atoms with E-state index in [0.717, 1.165) is 27.8 Å². The lowest BCUT2D eigenvalue weighted by Gasteiger charge is -2.19. The fourth-order valence-electron chi connectivity index (χ4n) is 3.57. The van der Waals surface area contributed by atoms with Gasteiger partial charge in [-0.3, -0.25) is 4.98 Å². The summed E-state index contributed by atoms with van der Waals surface area (Å²) in [4.78, 5) is 4.71. The molecule has 4 rings (SSSR count). The third-order valence-corrected chi connectivity index (χ3v) is 6.84. The van der Waals surface area contributed by atoms with Gasteiger partial charge >= 0.3 is 0 Å². The zero-order valence-corrected chi connectivity index (χ0v) is 18.4. The Labute approximate surface area is 177 Å². The van der Waals surface area contributed by atoms with E-state index < -0.39 is 9.84 Å². The summed E-state index contributed by atoms with van der Waals surface area (Å²) in [6.45, 7) is 8.19. The fourth-order valence-corrected chi connectivity index (χ4v) is 4.88. The first kappa shape index (κ1) is 20.3. The number of benzene rings is 2. The van der Waals surface area contributed by atoms with Crippen LogP contribution in [-0.4, -0.2) is 23.2 Å². The minimum atomic E-state index is -3.52. The van der Waals surface area contributed by atoms with Crippen molar-refractivity contribution in [3.8, 4) is 5.69 Å². The fraction of sp³-hybridized carbons (Fsp3) is 0.250. The predicted molar refractivity (Wildman–Crippen MR) is 120 cm³/mol. The first-order valence-corrected chi connectivity index (χ1v) is 11.5. The monoisotopic (exact) mass is 419 g/mol. The summed E-state index contributed by atoms with van der Waals surface area (Å²) in [5.41, 5.74) is 4.13. The Hall–Kier alpha value is -2.99. The molecule has 0 N–H and O–H groups in total. The summed E-state index contributed by atoms with van der Waals surface area (Å²) in [5.74, 6) is -0.126. The Morgan fingerprint density at radius 3 is 2.37 bits per heavy atom. The molecule has 154 valence electrons. The van der Waals surface area contributed by atoms with Gasteiger partial charge in [0.05, 0.1) is 33.2 Å². The third-order valence-electron chi connectivity index (χ3n) is 5.18. The molecule has 0 amide bonds. The molecule has 2 aromatic heterocycles. The van der Waals surface area contributed by atoms with Crippen LogP contribution in [0.5, 0.6) is 0 Å². The molecule has 0 atom stereocenters. The summed E-state index contributed by atoms with van der Waals surface area (Å²) in [7, 11) is -3.52. The van der Waals surface area contributed by atoms with Crippen LogP contribution in [0.1, 0.15) is 37.7 Å². The number of aryl methyl sites for hydroxylation is 1. The minimum Gasteiger partial charge on any atom is -0.256 e. The molecule has 0 aliphatic carbocycles. The first-order chi connectivity index (χ1) is 14.1. The van der Waals surface area contributed by atoms with Crippen molar-refractivity contribution in [2.24, 2.45) is 0 Å². The number of pyridine rings is 1. The lowest BCUT2D eigenvalue weighted by molar-refractivity contribution is 0.585. The second-order valence-electron chi connectivity index (χ2n) is 8.57. The topological polar surface area (TPSA) is 64.8 Å². The highest BCUT2D eigenvalue weighted by Gasteiger charge is 2.21. The first-order valence-electron chi connectivity index (χ1n) is 9.88. The summed E-state index contributed by atoms with van der Waals surface area (Å²) in [6.07, 6.45) is 1.72. The van der Waals surface area contributed by atoms with Crippen molar-refractivity contribution in [2.75, 3.05) is 0 Å². The second kappa shape index (κ2) is 7.36. The van der Waals surface area contributed by atoms with Gasteiger partial charge in [0.25, 0.3) is 0 Å². The molecule has 0 radical (unpaired) electrons. The Kier molecular flexibility index (Phi) is 4.98. The molecule has 30 heavy (non-hydrogen) atoms. The maximum atomic E-state index is 13.2. The molecule has 0 bridgehead atoms. The molecular weight excluding hydrogens is 394 g/mol. The number of para-hydroxylation sites is 1. The van der Waals surface area contributed by atoms with Crippen molar-refractivity contribution in [3.63, 3.8) is 0 Å². The van der Waals surface area contributed by atoms with E-state index in [1.165, 1.54) is 0 Å². The van der Waals surface area contributed by atoms with Crippen molar-refractivity contribution in [1.82, 2.24) is 14.8 Å². The van der Waals surface area contributed by atoms with Gasteiger partial charge in [-0.05, 0) is 48.2 Å². The maximum absolute atomic E-state index is 13.2. The van der Waals surface area contributed by atoms with E-state index >= 15 is 0 Å². The molecule has 0 saturated carbocycles. The van der Waals surface area contributed by atoms with E-state index in [0.29, 0.717) is 10.6 Å². The van der Waals surface area contributed by atoms with Crippen LogP contribution in [0.3, 0.4) is 0 Å². The zero-order chi connectivity index (χ0) is 21.5. The lowest BCUT2D eigenvalue weighted by Crippen LogP contribution is -2.13. The lowest BCUT2D eigenvalue weighted by atomic mass is 9.87. The number of nitrogens with zero attached hydrogens (tertiary/aromatic N) is 3. The largest absolute Gasteiger partial charge is 0.256 e. The van der Waals surface area contributed by atoms with E-state index in [4.69, 9.17) is 0 Å². The van der Waals surface area contributed by atoms with Crippen molar-refractivity contribution in [1.29, 1.82) is 0 Å². The summed E-state index contributed by atoms with van der Waals surface area (Å²) in [5, 5.41) is 5.51. The summed E-state index contributed by atoms with van der Waals surface area (Å²) < 4.78 is 28.1. The average Bonchev–Trinajstić information content (AvgIpc) is 3.06. The van der Waals surface area contributed by atoms with Gasteiger partial charge in [-0.15, -0.1) is 0 Å². The third kappa shape index (κ3) is 3.87. The van der Waals surface area contributed by atoms with Crippen LogP contribution in [0.25, 0.3) is 16.6 Å². The molecule has 2 heterocycles. The Balaban J connectivity index is 1.74. The van der Waals surface area contributed by atoms with Crippen LogP contribution in [0.4, 0.5) is 0 Å². The molecule has 0 saturated heterocycles. The molecule has 0 spiro atoms. The molecule has 2 aromatic carbocycles. The van der Waals surface area contributed by atoms with E-state index in [9.17, 15) is 8.42 Å². The number of hydrogen-bond donors (Lipinski definition) is 0. The van der Waals surface area contributed by atoms with Crippen LogP contribution in [0.15, 0.2) is 71.8 Å². The average molecular weight is 420 g/mol. The van der Waals surface area contributed by atoms with Gasteiger partial charge < -0.3 is 0 Å².